The molecule has 7 nitrogen and oxygen atoms in total. The first-order valence-electron chi connectivity index (χ1n) is 6.07. The Hall–Kier alpha value is -1.93. The minimum atomic E-state index is -1.29. The molecule has 3 N–H and O–H groups in total. The molecule has 0 saturated carbocycles. The third-order valence-electron chi connectivity index (χ3n) is 2.75. The monoisotopic (exact) mass is 329 g/mol. The summed E-state index contributed by atoms with van der Waals surface area (Å²) in [6.45, 7) is 1.98. The third-order valence-corrected chi connectivity index (χ3v) is 4.10. The molecule has 1 unspecified atom stereocenters. The highest BCUT2D eigenvalue weighted by Gasteiger charge is 2.23. The van der Waals surface area contributed by atoms with Crippen LogP contribution in [0.25, 0.3) is 10.2 Å². The zero-order valence-electron chi connectivity index (χ0n) is 11.0. The molecule has 2 heterocycles. The lowest BCUT2D eigenvalue weighted by atomic mass is 10.2. The van der Waals surface area contributed by atoms with Crippen molar-refractivity contribution in [2.45, 2.75) is 25.8 Å². The van der Waals surface area contributed by atoms with Gasteiger partial charge in [-0.15, -0.1) is 11.3 Å². The maximum atomic E-state index is 11.1. The lowest BCUT2D eigenvalue weighted by molar-refractivity contribution is -0.144. The van der Waals surface area contributed by atoms with Crippen LogP contribution in [0.5, 0.6) is 0 Å². The van der Waals surface area contributed by atoms with Gasteiger partial charge < -0.3 is 15.5 Å². The van der Waals surface area contributed by atoms with Crippen LogP contribution in [-0.4, -0.2) is 38.2 Å². The predicted molar refractivity (Wildman–Crippen MR) is 79.1 cm³/mol. The molecule has 0 aliphatic carbocycles. The van der Waals surface area contributed by atoms with Gasteiger partial charge in [-0.25, -0.2) is 14.8 Å². The topological polar surface area (TPSA) is 112 Å². The lowest BCUT2D eigenvalue weighted by Crippen LogP contribution is -2.32. The fraction of sp³-hybridized carbons (Fsp3) is 0.333. The van der Waals surface area contributed by atoms with Gasteiger partial charge in [0, 0.05) is 4.88 Å². The van der Waals surface area contributed by atoms with Crippen molar-refractivity contribution in [2.75, 3.05) is 5.32 Å². The molecule has 0 fully saturated rings. The van der Waals surface area contributed by atoms with Crippen molar-refractivity contribution in [1.82, 2.24) is 9.97 Å². The van der Waals surface area contributed by atoms with Gasteiger partial charge in [-0.3, -0.25) is 4.79 Å². The van der Waals surface area contributed by atoms with Crippen molar-refractivity contribution in [2.24, 2.45) is 0 Å². The number of nitrogens with zero attached hydrogens (tertiary/aromatic N) is 2. The van der Waals surface area contributed by atoms with Crippen LogP contribution in [0.15, 0.2) is 6.07 Å². The molecule has 0 aromatic carbocycles. The molecule has 0 radical (unpaired) electrons. The Labute approximate surface area is 128 Å². The standard InChI is InChI=1S/C12H12ClN3O4S/c1-2-5-3-6-9(15-12(13)16-10(6)21-5)14-7(11(19)20)4-8(17)18/h3,7H,2,4H2,1H3,(H,17,18)(H,19,20)(H,14,15,16). The summed E-state index contributed by atoms with van der Waals surface area (Å²) in [5, 5.41) is 21.1. The van der Waals surface area contributed by atoms with Crippen molar-refractivity contribution < 1.29 is 19.8 Å². The Bertz CT molecular complexity index is 703. The highest BCUT2D eigenvalue weighted by atomic mass is 35.5. The molecule has 21 heavy (non-hydrogen) atoms. The summed E-state index contributed by atoms with van der Waals surface area (Å²) in [5.41, 5.74) is 0. The van der Waals surface area contributed by atoms with Crippen molar-refractivity contribution in [3.63, 3.8) is 0 Å². The van der Waals surface area contributed by atoms with Crippen LogP contribution in [0.4, 0.5) is 5.82 Å². The molecule has 1 atom stereocenters. The highest BCUT2D eigenvalue weighted by molar-refractivity contribution is 7.18. The van der Waals surface area contributed by atoms with E-state index in [1.165, 1.54) is 11.3 Å². The number of rotatable bonds is 6. The lowest BCUT2D eigenvalue weighted by Gasteiger charge is -2.13. The van der Waals surface area contributed by atoms with Crippen molar-refractivity contribution >= 4 is 50.9 Å². The van der Waals surface area contributed by atoms with E-state index in [0.29, 0.717) is 10.2 Å². The first-order valence-corrected chi connectivity index (χ1v) is 7.27. The third kappa shape index (κ3) is 3.59. The number of aromatic nitrogens is 2. The van der Waals surface area contributed by atoms with Crippen molar-refractivity contribution in [3.05, 3.63) is 16.2 Å². The molecular formula is C12H12ClN3O4S. The zero-order valence-corrected chi connectivity index (χ0v) is 12.5. The largest absolute Gasteiger partial charge is 0.481 e. The molecule has 2 rings (SSSR count). The number of hydrogen-bond donors (Lipinski definition) is 3. The Morgan fingerprint density at radius 2 is 2.14 bits per heavy atom. The fourth-order valence-corrected chi connectivity index (χ4v) is 2.96. The number of carbonyl (C=O) groups is 2. The van der Waals surface area contributed by atoms with Crippen LogP contribution < -0.4 is 5.32 Å². The minimum Gasteiger partial charge on any atom is -0.481 e. The van der Waals surface area contributed by atoms with E-state index in [9.17, 15) is 9.59 Å². The number of nitrogens with one attached hydrogen (secondary N) is 1. The molecule has 0 saturated heterocycles. The quantitative estimate of drug-likeness (QED) is 0.696. The summed E-state index contributed by atoms with van der Waals surface area (Å²) in [7, 11) is 0. The summed E-state index contributed by atoms with van der Waals surface area (Å²) < 4.78 is 0. The maximum absolute atomic E-state index is 11.1. The number of fused-ring (bicyclic) bond motifs is 1. The van der Waals surface area contributed by atoms with Gasteiger partial charge in [0.1, 0.15) is 16.7 Å². The van der Waals surface area contributed by atoms with Gasteiger partial charge in [-0.1, -0.05) is 6.92 Å². The summed E-state index contributed by atoms with van der Waals surface area (Å²) in [6.07, 6.45) is 0.235. The van der Waals surface area contributed by atoms with Crippen LogP contribution in [0.2, 0.25) is 5.28 Å². The molecule has 2 aromatic rings. The summed E-state index contributed by atoms with van der Waals surface area (Å²) in [6, 6.07) is 0.555. The molecule has 9 heteroatoms. The van der Waals surface area contributed by atoms with E-state index < -0.39 is 24.4 Å². The second-order valence-corrected chi connectivity index (χ2v) is 5.71. The summed E-state index contributed by atoms with van der Waals surface area (Å²) in [4.78, 5) is 31.6. The van der Waals surface area contributed by atoms with Gasteiger partial charge in [0.15, 0.2) is 0 Å². The summed E-state index contributed by atoms with van der Waals surface area (Å²) in [5.74, 6) is -2.26. The van der Waals surface area contributed by atoms with Crippen LogP contribution in [0.1, 0.15) is 18.2 Å². The molecule has 0 amide bonds. The van der Waals surface area contributed by atoms with Crippen LogP contribution in [0.3, 0.4) is 0 Å². The van der Waals surface area contributed by atoms with Gasteiger partial charge >= 0.3 is 11.9 Å². The number of carboxylic acids is 2. The second-order valence-electron chi connectivity index (χ2n) is 4.26. The molecule has 0 aliphatic heterocycles. The van der Waals surface area contributed by atoms with E-state index in [1.54, 1.807) is 0 Å². The first-order chi connectivity index (χ1) is 9.90. The first kappa shape index (κ1) is 15.5. The van der Waals surface area contributed by atoms with Crippen LogP contribution in [0, 0.1) is 0 Å². The van der Waals surface area contributed by atoms with E-state index in [4.69, 9.17) is 21.8 Å². The number of halogens is 1. The maximum Gasteiger partial charge on any atom is 0.326 e. The molecular weight excluding hydrogens is 318 g/mol. The molecule has 0 spiro atoms. The van der Waals surface area contributed by atoms with E-state index in [2.05, 4.69) is 15.3 Å². The SMILES string of the molecule is CCc1cc2c(NC(CC(=O)O)C(=O)O)nc(Cl)nc2s1. The molecule has 2 aromatic heterocycles. The number of hydrogen-bond acceptors (Lipinski definition) is 6. The van der Waals surface area contributed by atoms with E-state index in [0.717, 1.165) is 11.3 Å². The Morgan fingerprint density at radius 1 is 1.43 bits per heavy atom. The van der Waals surface area contributed by atoms with E-state index >= 15 is 0 Å². The smallest absolute Gasteiger partial charge is 0.326 e. The number of carboxylic acid groups (broad SMARTS) is 2. The predicted octanol–water partition coefficient (Wildman–Crippen LogP) is 2.25. The normalized spacial score (nSPS) is 12.3. The molecule has 0 aliphatic rings. The van der Waals surface area contributed by atoms with Crippen molar-refractivity contribution in [1.29, 1.82) is 0 Å². The van der Waals surface area contributed by atoms with Gasteiger partial charge in [-0.2, -0.15) is 0 Å². The summed E-state index contributed by atoms with van der Waals surface area (Å²) >= 11 is 7.26. The number of aliphatic carboxylic acids is 2. The zero-order chi connectivity index (χ0) is 15.6. The van der Waals surface area contributed by atoms with Gasteiger partial charge in [0.2, 0.25) is 5.28 Å². The Kier molecular flexibility index (Phi) is 4.59. The average Bonchev–Trinajstić information content (AvgIpc) is 2.80. The van der Waals surface area contributed by atoms with Gasteiger partial charge in [0.25, 0.3) is 0 Å². The Balaban J connectivity index is 2.41. The van der Waals surface area contributed by atoms with Crippen LogP contribution in [-0.2, 0) is 16.0 Å². The molecule has 112 valence electrons. The number of thiophene rings is 1. The number of anilines is 1. The molecule has 0 bridgehead atoms. The van der Waals surface area contributed by atoms with Crippen LogP contribution >= 0.6 is 22.9 Å². The Morgan fingerprint density at radius 3 is 2.71 bits per heavy atom. The van der Waals surface area contributed by atoms with E-state index in [-0.39, 0.29) is 11.1 Å². The van der Waals surface area contributed by atoms with Crippen molar-refractivity contribution in [3.8, 4) is 0 Å². The minimum absolute atomic E-state index is 0.0195. The van der Waals surface area contributed by atoms with Gasteiger partial charge in [0.05, 0.1) is 11.8 Å². The van der Waals surface area contributed by atoms with E-state index in [1.807, 2.05) is 13.0 Å². The highest BCUT2D eigenvalue weighted by Crippen LogP contribution is 2.30. The average molecular weight is 330 g/mol. The second kappa shape index (κ2) is 6.23. The number of aryl methyl sites for hydroxylation is 1. The fourth-order valence-electron chi connectivity index (χ4n) is 1.77. The van der Waals surface area contributed by atoms with Gasteiger partial charge in [-0.05, 0) is 24.1 Å².